The van der Waals surface area contributed by atoms with Crippen LogP contribution in [0.15, 0.2) is 59.6 Å². The van der Waals surface area contributed by atoms with Gasteiger partial charge in [-0.05, 0) is 62.3 Å². The third-order valence-electron chi connectivity index (χ3n) is 6.22. The molecule has 0 bridgehead atoms. The maximum atomic E-state index is 6.62. The first-order valence-corrected chi connectivity index (χ1v) is 13.1. The summed E-state index contributed by atoms with van der Waals surface area (Å²) < 4.78 is 2.17. The Balaban J connectivity index is 0.00000289. The quantitative estimate of drug-likeness (QED) is 0.260. The average Bonchev–Trinajstić information content (AvgIpc) is 3.37. The van der Waals surface area contributed by atoms with Crippen molar-refractivity contribution in [2.75, 3.05) is 0 Å². The van der Waals surface area contributed by atoms with Crippen molar-refractivity contribution in [1.29, 1.82) is 0 Å². The molecule has 1 aliphatic rings. The van der Waals surface area contributed by atoms with Crippen LogP contribution in [0.2, 0.25) is 5.02 Å². The molecule has 1 aliphatic heterocycles. The topological polar surface area (TPSA) is 43.1 Å². The molecule has 2 aromatic carbocycles. The van der Waals surface area contributed by atoms with Crippen molar-refractivity contribution in [1.82, 2.24) is 14.8 Å². The molecule has 182 valence electrons. The van der Waals surface area contributed by atoms with E-state index in [-0.39, 0.29) is 18.4 Å². The zero-order valence-electron chi connectivity index (χ0n) is 20.5. The second-order valence-electron chi connectivity index (χ2n) is 9.42. The fourth-order valence-electron chi connectivity index (χ4n) is 4.56. The molecule has 0 radical (unpaired) electrons. The van der Waals surface area contributed by atoms with E-state index in [9.17, 15) is 0 Å². The molecular formula is C28H30Cl2N4S. The van der Waals surface area contributed by atoms with Gasteiger partial charge in [0.15, 0.2) is 5.82 Å². The van der Waals surface area contributed by atoms with Crippen LogP contribution in [0.3, 0.4) is 0 Å². The first-order valence-electron chi connectivity index (χ1n) is 11.9. The Hall–Kier alpha value is -2.47. The van der Waals surface area contributed by atoms with Crippen LogP contribution in [0.1, 0.15) is 65.6 Å². The number of hydrogen-bond acceptors (Lipinski definition) is 4. The number of hydrogen-bond donors (Lipinski definition) is 0. The van der Waals surface area contributed by atoms with E-state index in [4.69, 9.17) is 16.6 Å². The van der Waals surface area contributed by atoms with Crippen molar-refractivity contribution < 1.29 is 0 Å². The number of thiophene rings is 1. The van der Waals surface area contributed by atoms with Gasteiger partial charge in [0, 0.05) is 21.0 Å². The van der Waals surface area contributed by atoms with Gasteiger partial charge in [0.05, 0.1) is 5.71 Å². The number of aromatic nitrogens is 3. The molecule has 4 aromatic rings. The molecule has 2 aromatic heterocycles. The van der Waals surface area contributed by atoms with Crippen LogP contribution in [0.25, 0.3) is 5.00 Å². The van der Waals surface area contributed by atoms with E-state index >= 15 is 0 Å². The van der Waals surface area contributed by atoms with Crippen molar-refractivity contribution >= 4 is 41.1 Å². The van der Waals surface area contributed by atoms with E-state index in [2.05, 4.69) is 65.9 Å². The van der Waals surface area contributed by atoms with E-state index in [1.807, 2.05) is 31.2 Å². The Morgan fingerprint density at radius 3 is 2.40 bits per heavy atom. The Morgan fingerprint density at radius 1 is 0.971 bits per heavy atom. The summed E-state index contributed by atoms with van der Waals surface area (Å²) in [7, 11) is 0. The highest BCUT2D eigenvalue weighted by molar-refractivity contribution is 7.15. The number of halogens is 2. The fourth-order valence-corrected chi connectivity index (χ4v) is 6.00. The highest BCUT2D eigenvalue weighted by atomic mass is 35.5. The van der Waals surface area contributed by atoms with Crippen LogP contribution in [0.5, 0.6) is 0 Å². The van der Waals surface area contributed by atoms with Gasteiger partial charge in [-0.2, -0.15) is 0 Å². The van der Waals surface area contributed by atoms with Crippen LogP contribution >= 0.6 is 35.3 Å². The summed E-state index contributed by atoms with van der Waals surface area (Å²) in [5, 5.41) is 10.7. The van der Waals surface area contributed by atoms with E-state index < -0.39 is 0 Å². The summed E-state index contributed by atoms with van der Waals surface area (Å²) in [6.45, 7) is 8.60. The molecule has 0 spiro atoms. The first kappa shape index (κ1) is 25.6. The zero-order chi connectivity index (χ0) is 23.8. The van der Waals surface area contributed by atoms with Crippen molar-refractivity contribution in [2.45, 2.75) is 53.0 Å². The maximum absolute atomic E-state index is 6.62. The van der Waals surface area contributed by atoms with Gasteiger partial charge < -0.3 is 0 Å². The Labute approximate surface area is 222 Å². The number of aliphatic imine (C=N–C) groups is 1. The molecule has 0 amide bonds. The van der Waals surface area contributed by atoms with Crippen molar-refractivity contribution in [3.8, 4) is 5.00 Å². The standard InChI is InChI=1S/C28H29ClN4S.ClH/c1-17(2)15-21-11-9-20(10-12-21)13-14-22-16-24-26(23-7-5-6-8-25(23)29)30-18(3)27-32-31-19(4)33(27)28(24)34-22;/h5-12,16-18H,13-15H2,1-4H3;1H/t18-;/m0./s1. The molecule has 0 N–H and O–H groups in total. The summed E-state index contributed by atoms with van der Waals surface area (Å²) in [5.74, 6) is 2.43. The largest absolute Gasteiger partial charge is 0.273 e. The van der Waals surface area contributed by atoms with Crippen LogP contribution in [0.4, 0.5) is 0 Å². The number of benzene rings is 2. The second kappa shape index (κ2) is 10.7. The molecule has 0 unspecified atom stereocenters. The molecule has 1 atom stereocenters. The number of fused-ring (bicyclic) bond motifs is 3. The molecule has 0 saturated carbocycles. The van der Waals surface area contributed by atoms with Gasteiger partial charge in [-0.1, -0.05) is 67.9 Å². The minimum Gasteiger partial charge on any atom is -0.273 e. The Morgan fingerprint density at radius 2 is 1.69 bits per heavy atom. The summed E-state index contributed by atoms with van der Waals surface area (Å²) in [5.41, 5.74) is 5.77. The van der Waals surface area contributed by atoms with E-state index in [0.29, 0.717) is 10.9 Å². The van der Waals surface area contributed by atoms with E-state index in [1.165, 1.54) is 16.0 Å². The SMILES string of the molecule is Cc1nnc2n1-c1sc(CCc3ccc(CC(C)C)cc3)cc1C(c1ccccc1Cl)=N[C@H]2C.Cl. The van der Waals surface area contributed by atoms with Crippen molar-refractivity contribution in [3.05, 3.63) is 98.4 Å². The monoisotopic (exact) mass is 524 g/mol. The predicted octanol–water partition coefficient (Wildman–Crippen LogP) is 7.61. The lowest BCUT2D eigenvalue weighted by Gasteiger charge is -2.09. The van der Waals surface area contributed by atoms with Gasteiger partial charge in [0.1, 0.15) is 16.9 Å². The Bertz CT molecular complexity index is 1350. The lowest BCUT2D eigenvalue weighted by atomic mass is 10.00. The number of nitrogens with zero attached hydrogens (tertiary/aromatic N) is 4. The summed E-state index contributed by atoms with van der Waals surface area (Å²) in [6, 6.07) is 19.2. The molecule has 0 fully saturated rings. The van der Waals surface area contributed by atoms with Crippen molar-refractivity contribution in [2.24, 2.45) is 10.9 Å². The molecule has 3 heterocycles. The first-order chi connectivity index (χ1) is 16.4. The lowest BCUT2D eigenvalue weighted by molar-refractivity contribution is 0.647. The number of rotatable bonds is 6. The van der Waals surface area contributed by atoms with Gasteiger partial charge >= 0.3 is 0 Å². The third-order valence-corrected chi connectivity index (χ3v) is 7.73. The van der Waals surface area contributed by atoms with Gasteiger partial charge in [-0.15, -0.1) is 33.9 Å². The predicted molar refractivity (Wildman–Crippen MR) is 149 cm³/mol. The molecule has 4 nitrogen and oxygen atoms in total. The van der Waals surface area contributed by atoms with Crippen LogP contribution in [0, 0.1) is 12.8 Å². The maximum Gasteiger partial charge on any atom is 0.162 e. The summed E-state index contributed by atoms with van der Waals surface area (Å²) in [6.07, 6.45) is 3.11. The van der Waals surface area contributed by atoms with E-state index in [0.717, 1.165) is 52.8 Å². The highest BCUT2D eigenvalue weighted by Crippen LogP contribution is 2.37. The molecule has 7 heteroatoms. The van der Waals surface area contributed by atoms with Gasteiger partial charge in [-0.25, -0.2) is 0 Å². The normalized spacial score (nSPS) is 14.7. The van der Waals surface area contributed by atoms with Gasteiger partial charge in [-0.3, -0.25) is 9.56 Å². The average molecular weight is 526 g/mol. The Kier molecular flexibility index (Phi) is 7.80. The molecule has 35 heavy (non-hydrogen) atoms. The molecule has 5 rings (SSSR count). The minimum atomic E-state index is -0.111. The third kappa shape index (κ3) is 5.23. The molecule has 0 saturated heterocycles. The van der Waals surface area contributed by atoms with Gasteiger partial charge in [0.25, 0.3) is 0 Å². The van der Waals surface area contributed by atoms with Crippen LogP contribution in [-0.4, -0.2) is 20.5 Å². The van der Waals surface area contributed by atoms with Crippen molar-refractivity contribution in [3.63, 3.8) is 0 Å². The second-order valence-corrected chi connectivity index (χ2v) is 10.9. The van der Waals surface area contributed by atoms with E-state index in [1.54, 1.807) is 11.3 Å². The summed E-state index contributed by atoms with van der Waals surface area (Å²) >= 11 is 8.43. The lowest BCUT2D eigenvalue weighted by Crippen LogP contribution is -2.05. The fraction of sp³-hybridized carbons (Fsp3) is 0.321. The van der Waals surface area contributed by atoms with Gasteiger partial charge in [0.2, 0.25) is 0 Å². The highest BCUT2D eigenvalue weighted by Gasteiger charge is 2.28. The smallest absolute Gasteiger partial charge is 0.162 e. The van der Waals surface area contributed by atoms with Crippen LogP contribution in [-0.2, 0) is 19.3 Å². The van der Waals surface area contributed by atoms with Crippen LogP contribution < -0.4 is 0 Å². The molecule has 0 aliphatic carbocycles. The number of aryl methyl sites for hydroxylation is 3. The minimum absolute atomic E-state index is 0. The zero-order valence-corrected chi connectivity index (χ0v) is 22.8. The molecular weight excluding hydrogens is 495 g/mol. The summed E-state index contributed by atoms with van der Waals surface area (Å²) in [4.78, 5) is 6.41.